The van der Waals surface area contributed by atoms with Gasteiger partial charge in [0.25, 0.3) is 0 Å². The maximum atomic E-state index is 13.2. The molecule has 1 aromatic rings. The van der Waals surface area contributed by atoms with Gasteiger partial charge < -0.3 is 0 Å². The summed E-state index contributed by atoms with van der Waals surface area (Å²) < 4.78 is 40.5. The monoisotopic (exact) mass is 351 g/mol. The molecule has 1 aromatic carbocycles. The Morgan fingerprint density at radius 2 is 1.74 bits per heavy atom. The summed E-state index contributed by atoms with van der Waals surface area (Å²) in [7, 11) is -3.62. The second-order valence-electron chi connectivity index (χ2n) is 4.91. The quantitative estimate of drug-likeness (QED) is 0.827. The zero-order chi connectivity index (χ0) is 14.8. The molecule has 0 saturated heterocycles. The summed E-state index contributed by atoms with van der Waals surface area (Å²) >= 11 is 3.39. The second kappa shape index (κ2) is 6.33. The minimum Gasteiger partial charge on any atom is -0.208 e. The first-order valence-electron chi connectivity index (χ1n) is 6.06. The van der Waals surface area contributed by atoms with Crippen LogP contribution in [0.4, 0.5) is 4.39 Å². The van der Waals surface area contributed by atoms with Crippen molar-refractivity contribution in [3.05, 3.63) is 29.1 Å². The van der Waals surface area contributed by atoms with Crippen molar-refractivity contribution in [2.45, 2.75) is 49.9 Å². The van der Waals surface area contributed by atoms with Gasteiger partial charge in [-0.2, -0.15) is 0 Å². The van der Waals surface area contributed by atoms with Gasteiger partial charge in [-0.25, -0.2) is 17.5 Å². The Balaban J connectivity index is 3.08. The van der Waals surface area contributed by atoms with Crippen molar-refractivity contribution in [1.82, 2.24) is 4.72 Å². The van der Waals surface area contributed by atoms with Crippen LogP contribution < -0.4 is 4.72 Å². The zero-order valence-corrected chi connectivity index (χ0v) is 13.9. The Kier molecular flexibility index (Phi) is 5.53. The maximum Gasteiger partial charge on any atom is 0.241 e. The van der Waals surface area contributed by atoms with Crippen LogP contribution in [0.5, 0.6) is 0 Å². The smallest absolute Gasteiger partial charge is 0.208 e. The SMILES string of the molecule is Cc1cc(F)cc(C)c1S(=O)(=O)NC(C)CC(C)Br. The molecular formula is C13H19BrFNO2S. The molecule has 0 saturated carbocycles. The van der Waals surface area contributed by atoms with Crippen LogP contribution in [0.3, 0.4) is 0 Å². The van der Waals surface area contributed by atoms with Gasteiger partial charge in [0.05, 0.1) is 4.90 Å². The highest BCUT2D eigenvalue weighted by atomic mass is 79.9. The fourth-order valence-corrected chi connectivity index (χ4v) is 4.45. The molecule has 6 heteroatoms. The third-order valence-corrected chi connectivity index (χ3v) is 5.00. The molecule has 0 heterocycles. The summed E-state index contributed by atoms with van der Waals surface area (Å²) in [6, 6.07) is 2.28. The van der Waals surface area contributed by atoms with Crippen molar-refractivity contribution in [1.29, 1.82) is 0 Å². The number of rotatable bonds is 5. The van der Waals surface area contributed by atoms with Gasteiger partial charge in [0.2, 0.25) is 10.0 Å². The summed E-state index contributed by atoms with van der Waals surface area (Å²) in [6.07, 6.45) is 0.679. The van der Waals surface area contributed by atoms with Crippen LogP contribution in [0.15, 0.2) is 17.0 Å². The predicted molar refractivity (Wildman–Crippen MR) is 78.7 cm³/mol. The maximum absolute atomic E-state index is 13.2. The molecule has 108 valence electrons. The van der Waals surface area contributed by atoms with Crippen LogP contribution in [0.25, 0.3) is 0 Å². The lowest BCUT2D eigenvalue weighted by molar-refractivity contribution is 0.546. The molecule has 0 aliphatic heterocycles. The first-order valence-corrected chi connectivity index (χ1v) is 8.46. The first kappa shape index (κ1) is 16.6. The van der Waals surface area contributed by atoms with E-state index in [1.807, 2.05) is 13.8 Å². The Labute approximate surface area is 122 Å². The van der Waals surface area contributed by atoms with Crippen LogP contribution in [0.2, 0.25) is 0 Å². The van der Waals surface area contributed by atoms with Gasteiger partial charge in [0.15, 0.2) is 0 Å². The van der Waals surface area contributed by atoms with Crippen molar-refractivity contribution in [2.24, 2.45) is 0 Å². The molecule has 0 radical (unpaired) electrons. The van der Waals surface area contributed by atoms with E-state index in [1.165, 1.54) is 12.1 Å². The number of alkyl halides is 1. The fraction of sp³-hybridized carbons (Fsp3) is 0.538. The molecule has 0 fully saturated rings. The van der Waals surface area contributed by atoms with E-state index >= 15 is 0 Å². The van der Waals surface area contributed by atoms with Gasteiger partial charge >= 0.3 is 0 Å². The fourth-order valence-electron chi connectivity index (χ4n) is 2.18. The number of hydrogen-bond acceptors (Lipinski definition) is 2. The molecule has 19 heavy (non-hydrogen) atoms. The lowest BCUT2D eigenvalue weighted by atomic mass is 10.1. The first-order chi connectivity index (χ1) is 8.63. The largest absolute Gasteiger partial charge is 0.241 e. The lowest BCUT2D eigenvalue weighted by Gasteiger charge is -2.18. The molecule has 0 amide bonds. The number of benzene rings is 1. The molecular weight excluding hydrogens is 333 g/mol. The number of nitrogens with one attached hydrogen (secondary N) is 1. The molecule has 0 spiro atoms. The van der Waals surface area contributed by atoms with Gasteiger partial charge in [-0.1, -0.05) is 22.9 Å². The van der Waals surface area contributed by atoms with E-state index < -0.39 is 15.8 Å². The van der Waals surface area contributed by atoms with Crippen LogP contribution in [0, 0.1) is 19.7 Å². The van der Waals surface area contributed by atoms with E-state index in [4.69, 9.17) is 0 Å². The van der Waals surface area contributed by atoms with E-state index in [0.29, 0.717) is 17.5 Å². The summed E-state index contributed by atoms with van der Waals surface area (Å²) in [6.45, 7) is 6.97. The van der Waals surface area contributed by atoms with Crippen LogP contribution in [-0.2, 0) is 10.0 Å². The zero-order valence-electron chi connectivity index (χ0n) is 11.5. The third kappa shape index (κ3) is 4.54. The average Bonchev–Trinajstić information content (AvgIpc) is 2.10. The van der Waals surface area contributed by atoms with Crippen LogP contribution >= 0.6 is 15.9 Å². The van der Waals surface area contributed by atoms with Crippen molar-refractivity contribution in [3.63, 3.8) is 0 Å². The van der Waals surface area contributed by atoms with Gasteiger partial charge in [-0.05, 0) is 50.5 Å². The van der Waals surface area contributed by atoms with Gasteiger partial charge in [0, 0.05) is 10.9 Å². The average molecular weight is 352 g/mol. The molecule has 3 nitrogen and oxygen atoms in total. The Morgan fingerprint density at radius 3 is 2.16 bits per heavy atom. The predicted octanol–water partition coefficient (Wildman–Crippen LogP) is 3.28. The number of hydrogen-bond donors (Lipinski definition) is 1. The molecule has 0 aliphatic carbocycles. The van der Waals surface area contributed by atoms with Crippen molar-refractivity contribution >= 4 is 26.0 Å². The standard InChI is InChI=1S/C13H19BrFNO2S/c1-8-5-12(15)6-9(2)13(8)19(17,18)16-11(4)7-10(3)14/h5-6,10-11,16H,7H2,1-4H3. The van der Waals surface area contributed by atoms with E-state index in [-0.39, 0.29) is 15.8 Å². The van der Waals surface area contributed by atoms with Gasteiger partial charge in [-0.15, -0.1) is 0 Å². The highest BCUT2D eigenvalue weighted by Crippen LogP contribution is 2.22. The summed E-state index contributed by atoms with van der Waals surface area (Å²) in [5, 5.41) is 0. The lowest BCUT2D eigenvalue weighted by Crippen LogP contribution is -2.34. The van der Waals surface area contributed by atoms with Crippen LogP contribution in [-0.4, -0.2) is 19.3 Å². The number of halogens is 2. The summed E-state index contributed by atoms with van der Waals surface area (Å²) in [4.78, 5) is 0.392. The summed E-state index contributed by atoms with van der Waals surface area (Å²) in [5.41, 5.74) is 0.841. The number of aryl methyl sites for hydroxylation is 2. The molecule has 2 atom stereocenters. The number of sulfonamides is 1. The van der Waals surface area contributed by atoms with Gasteiger partial charge in [-0.3, -0.25) is 0 Å². The topological polar surface area (TPSA) is 46.2 Å². The van der Waals surface area contributed by atoms with E-state index in [9.17, 15) is 12.8 Å². The molecule has 0 aromatic heterocycles. The highest BCUT2D eigenvalue weighted by molar-refractivity contribution is 9.09. The Morgan fingerprint density at radius 1 is 1.26 bits per heavy atom. The minimum atomic E-state index is -3.62. The summed E-state index contributed by atoms with van der Waals surface area (Å²) in [5.74, 6) is -0.420. The van der Waals surface area contributed by atoms with Gasteiger partial charge in [0.1, 0.15) is 5.82 Å². The minimum absolute atomic E-state index is 0.169. The normalized spacial score (nSPS) is 15.3. The Bertz CT molecular complexity index is 535. The van der Waals surface area contributed by atoms with E-state index in [1.54, 1.807) is 13.8 Å². The van der Waals surface area contributed by atoms with Crippen molar-refractivity contribution in [3.8, 4) is 0 Å². The highest BCUT2D eigenvalue weighted by Gasteiger charge is 2.22. The van der Waals surface area contributed by atoms with Crippen molar-refractivity contribution in [2.75, 3.05) is 0 Å². The molecule has 0 aliphatic rings. The molecule has 1 N–H and O–H groups in total. The third-order valence-electron chi connectivity index (χ3n) is 2.73. The van der Waals surface area contributed by atoms with E-state index in [0.717, 1.165) is 0 Å². The van der Waals surface area contributed by atoms with E-state index in [2.05, 4.69) is 20.7 Å². The van der Waals surface area contributed by atoms with Crippen molar-refractivity contribution < 1.29 is 12.8 Å². The Hall–Kier alpha value is -0.460. The molecule has 2 unspecified atom stereocenters. The molecule has 1 rings (SSSR count). The van der Waals surface area contributed by atoms with Crippen LogP contribution in [0.1, 0.15) is 31.4 Å². The second-order valence-corrected chi connectivity index (χ2v) is 8.12. The molecule has 0 bridgehead atoms.